The van der Waals surface area contributed by atoms with Crippen LogP contribution in [0.2, 0.25) is 0 Å². The summed E-state index contributed by atoms with van der Waals surface area (Å²) in [7, 11) is 3.04. The Bertz CT molecular complexity index is 1480. The molecule has 0 spiro atoms. The quantitative estimate of drug-likeness (QED) is 0.192. The van der Waals surface area contributed by atoms with Gasteiger partial charge in [0.2, 0.25) is 5.91 Å². The van der Waals surface area contributed by atoms with E-state index in [9.17, 15) is 9.59 Å². The number of benzene rings is 2. The van der Waals surface area contributed by atoms with Crippen molar-refractivity contribution in [2.24, 2.45) is 0 Å². The Morgan fingerprint density at radius 1 is 1.16 bits per heavy atom. The maximum Gasteiger partial charge on any atom is 0.262 e. The van der Waals surface area contributed by atoms with Crippen molar-refractivity contribution in [3.8, 4) is 11.5 Å². The molecule has 2 aromatic heterocycles. The molecule has 4 rings (SSSR count). The van der Waals surface area contributed by atoms with Crippen molar-refractivity contribution in [1.29, 1.82) is 0 Å². The van der Waals surface area contributed by atoms with Gasteiger partial charge in [-0.2, -0.15) is 0 Å². The Labute approximate surface area is 227 Å². The van der Waals surface area contributed by atoms with Crippen LogP contribution in [0.15, 0.2) is 61.5 Å². The van der Waals surface area contributed by atoms with Crippen molar-refractivity contribution in [2.75, 3.05) is 19.5 Å². The van der Waals surface area contributed by atoms with Crippen molar-refractivity contribution in [2.45, 2.75) is 44.1 Å². The highest BCUT2D eigenvalue weighted by molar-refractivity contribution is 9.10. The Hall–Kier alpha value is -3.24. The van der Waals surface area contributed by atoms with E-state index in [1.807, 2.05) is 32.9 Å². The van der Waals surface area contributed by atoms with Gasteiger partial charge < -0.3 is 19.2 Å². The van der Waals surface area contributed by atoms with Crippen LogP contribution in [-0.4, -0.2) is 34.9 Å². The zero-order chi connectivity index (χ0) is 26.7. The maximum absolute atomic E-state index is 13.7. The molecule has 0 aliphatic heterocycles. The second kappa shape index (κ2) is 11.4. The average Bonchev–Trinajstić information content (AvgIpc) is 3.39. The first-order valence-electron chi connectivity index (χ1n) is 11.7. The smallest absolute Gasteiger partial charge is 0.262 e. The number of amides is 1. The lowest BCUT2D eigenvalue weighted by atomic mass is 10.1. The molecule has 2 heterocycles. The number of hydrogen-bond acceptors (Lipinski definition) is 7. The second-order valence-corrected chi connectivity index (χ2v) is 10.6. The molecule has 0 unspecified atom stereocenters. The van der Waals surface area contributed by atoms with Crippen LogP contribution < -0.4 is 20.3 Å². The number of ether oxygens (including phenoxy) is 2. The standard InChI is InChI=1S/C27H28BrN3O5S/c1-6-23(25(32)30-24-15(2)10-17(28)11-16(24)3)37-27-29-20-13-22(35-5)21(34-4)12-19(20)26(33)31(27)14-18-8-7-9-36-18/h7-13,23H,6,14H2,1-5H3,(H,30,32)/t23-/m0/s1. The lowest BCUT2D eigenvalue weighted by Gasteiger charge is -2.19. The molecule has 4 aromatic rings. The highest BCUT2D eigenvalue weighted by Gasteiger charge is 2.24. The molecule has 8 nitrogen and oxygen atoms in total. The summed E-state index contributed by atoms with van der Waals surface area (Å²) in [6.07, 6.45) is 2.09. The molecule has 0 saturated heterocycles. The molecule has 0 saturated carbocycles. The van der Waals surface area contributed by atoms with E-state index in [2.05, 4.69) is 21.2 Å². The topological polar surface area (TPSA) is 95.6 Å². The summed E-state index contributed by atoms with van der Waals surface area (Å²) in [5.41, 5.74) is 2.89. The number of aromatic nitrogens is 2. The number of fused-ring (bicyclic) bond motifs is 1. The van der Waals surface area contributed by atoms with Gasteiger partial charge >= 0.3 is 0 Å². The van der Waals surface area contributed by atoms with E-state index in [0.29, 0.717) is 39.7 Å². The van der Waals surface area contributed by atoms with Gasteiger partial charge in [0.1, 0.15) is 5.76 Å². The first-order valence-corrected chi connectivity index (χ1v) is 13.4. The number of thioether (sulfide) groups is 1. The van der Waals surface area contributed by atoms with E-state index in [1.165, 1.54) is 30.5 Å². The fraction of sp³-hybridized carbons (Fsp3) is 0.296. The zero-order valence-electron chi connectivity index (χ0n) is 21.3. The van der Waals surface area contributed by atoms with Crippen molar-refractivity contribution >= 4 is 50.2 Å². The van der Waals surface area contributed by atoms with Crippen LogP contribution in [0.5, 0.6) is 11.5 Å². The number of anilines is 1. The number of hydrogen-bond donors (Lipinski definition) is 1. The van der Waals surface area contributed by atoms with Gasteiger partial charge in [0, 0.05) is 16.2 Å². The van der Waals surface area contributed by atoms with Crippen LogP contribution in [0, 0.1) is 13.8 Å². The van der Waals surface area contributed by atoms with Gasteiger partial charge in [-0.15, -0.1) is 0 Å². The molecule has 0 radical (unpaired) electrons. The number of rotatable bonds is 9. The summed E-state index contributed by atoms with van der Waals surface area (Å²) >= 11 is 4.74. The molecule has 1 amide bonds. The SMILES string of the molecule is CC[C@H](Sc1nc2cc(OC)c(OC)cc2c(=O)n1Cc1ccco1)C(=O)Nc1c(C)cc(Br)cc1C. The summed E-state index contributed by atoms with van der Waals surface area (Å²) in [6.45, 7) is 6.01. The third-order valence-corrected chi connectivity index (χ3v) is 7.79. The van der Waals surface area contributed by atoms with Crippen LogP contribution >= 0.6 is 27.7 Å². The zero-order valence-corrected chi connectivity index (χ0v) is 23.7. The molecule has 1 atom stereocenters. The summed E-state index contributed by atoms with van der Waals surface area (Å²) in [6, 6.07) is 10.8. The third kappa shape index (κ3) is 5.70. The van der Waals surface area contributed by atoms with Gasteiger partial charge in [0.25, 0.3) is 5.56 Å². The van der Waals surface area contributed by atoms with E-state index in [-0.39, 0.29) is 18.0 Å². The summed E-state index contributed by atoms with van der Waals surface area (Å²) in [4.78, 5) is 31.8. The normalized spacial score (nSPS) is 11.9. The molecule has 1 N–H and O–H groups in total. The minimum atomic E-state index is -0.491. The van der Waals surface area contributed by atoms with Gasteiger partial charge in [-0.05, 0) is 61.7 Å². The van der Waals surface area contributed by atoms with Gasteiger partial charge in [-0.1, -0.05) is 34.6 Å². The maximum atomic E-state index is 13.7. The lowest BCUT2D eigenvalue weighted by Crippen LogP contribution is -2.29. The molecular weight excluding hydrogens is 558 g/mol. The first kappa shape index (κ1) is 26.8. The van der Waals surface area contributed by atoms with E-state index in [4.69, 9.17) is 18.9 Å². The fourth-order valence-corrected chi connectivity index (χ4v) is 5.78. The average molecular weight is 587 g/mol. The third-order valence-electron chi connectivity index (χ3n) is 5.98. The molecule has 10 heteroatoms. The predicted octanol–water partition coefficient (Wildman–Crippen LogP) is 5.94. The first-order chi connectivity index (χ1) is 17.7. The minimum absolute atomic E-state index is 0.160. The Morgan fingerprint density at radius 3 is 2.43 bits per heavy atom. The predicted molar refractivity (Wildman–Crippen MR) is 149 cm³/mol. The van der Waals surface area contributed by atoms with Gasteiger partial charge in [-0.3, -0.25) is 14.2 Å². The molecule has 194 valence electrons. The van der Waals surface area contributed by atoms with E-state index < -0.39 is 5.25 Å². The van der Waals surface area contributed by atoms with Gasteiger partial charge in [0.05, 0.1) is 43.2 Å². The number of methoxy groups -OCH3 is 2. The lowest BCUT2D eigenvalue weighted by molar-refractivity contribution is -0.115. The van der Waals surface area contributed by atoms with Crippen LogP contribution in [0.3, 0.4) is 0 Å². The number of furan rings is 1. The largest absolute Gasteiger partial charge is 0.493 e. The Morgan fingerprint density at radius 2 is 1.84 bits per heavy atom. The van der Waals surface area contributed by atoms with Crippen molar-refractivity contribution in [3.05, 3.63) is 74.4 Å². The number of nitrogens with zero attached hydrogens (tertiary/aromatic N) is 2. The molecule has 0 bridgehead atoms. The highest BCUT2D eigenvalue weighted by Crippen LogP contribution is 2.33. The van der Waals surface area contributed by atoms with E-state index >= 15 is 0 Å². The number of halogens is 1. The van der Waals surface area contributed by atoms with Crippen LogP contribution in [0.1, 0.15) is 30.2 Å². The minimum Gasteiger partial charge on any atom is -0.493 e. The van der Waals surface area contributed by atoms with Crippen LogP contribution in [-0.2, 0) is 11.3 Å². The van der Waals surface area contributed by atoms with Crippen molar-refractivity contribution in [1.82, 2.24) is 9.55 Å². The summed E-state index contributed by atoms with van der Waals surface area (Å²) < 4.78 is 18.8. The highest BCUT2D eigenvalue weighted by atomic mass is 79.9. The van der Waals surface area contributed by atoms with E-state index in [1.54, 1.807) is 30.5 Å². The molecule has 37 heavy (non-hydrogen) atoms. The van der Waals surface area contributed by atoms with E-state index in [0.717, 1.165) is 21.3 Å². The fourth-order valence-electron chi connectivity index (χ4n) is 4.08. The van der Waals surface area contributed by atoms with Crippen molar-refractivity contribution in [3.63, 3.8) is 0 Å². The summed E-state index contributed by atoms with van der Waals surface area (Å²) in [5, 5.41) is 3.38. The number of aryl methyl sites for hydroxylation is 2. The number of carbonyl (C=O) groups excluding carboxylic acids is 1. The molecule has 0 aliphatic carbocycles. The van der Waals surface area contributed by atoms with Crippen LogP contribution in [0.25, 0.3) is 10.9 Å². The molecule has 0 fully saturated rings. The Kier molecular flexibility index (Phi) is 8.29. The van der Waals surface area contributed by atoms with Crippen LogP contribution in [0.4, 0.5) is 5.69 Å². The second-order valence-electron chi connectivity index (χ2n) is 8.51. The van der Waals surface area contributed by atoms with Gasteiger partial charge in [-0.25, -0.2) is 4.98 Å². The monoisotopic (exact) mass is 585 g/mol. The Balaban J connectivity index is 1.76. The number of nitrogens with one attached hydrogen (secondary N) is 1. The van der Waals surface area contributed by atoms with Gasteiger partial charge in [0.15, 0.2) is 16.7 Å². The molecular formula is C27H28BrN3O5S. The molecule has 0 aliphatic rings. The number of carbonyl (C=O) groups is 1. The van der Waals surface area contributed by atoms with Crippen molar-refractivity contribution < 1.29 is 18.7 Å². The molecule has 2 aromatic carbocycles. The summed E-state index contributed by atoms with van der Waals surface area (Å²) in [5.74, 6) is 1.34.